The van der Waals surface area contributed by atoms with Crippen LogP contribution in [0.5, 0.6) is 11.6 Å². The highest BCUT2D eigenvalue weighted by atomic mass is 35.5. The number of benzene rings is 1. The number of aromatic nitrogens is 1. The average Bonchev–Trinajstić information content (AvgIpc) is 2.64. The molecule has 8 heteroatoms. The molecule has 0 fully saturated rings. The molecule has 0 radical (unpaired) electrons. The minimum absolute atomic E-state index is 0.120. The van der Waals surface area contributed by atoms with Crippen LogP contribution in [0, 0.1) is 0 Å². The first-order valence-electron chi connectivity index (χ1n) is 7.99. The number of halogens is 2. The van der Waals surface area contributed by atoms with Crippen molar-refractivity contribution < 1.29 is 19.0 Å². The topological polar surface area (TPSA) is 69.7 Å². The molecule has 26 heavy (non-hydrogen) atoms. The molecule has 2 aromatic rings. The lowest BCUT2D eigenvalue weighted by molar-refractivity contribution is -0.121. The van der Waals surface area contributed by atoms with Crippen LogP contribution in [0.3, 0.4) is 0 Å². The first kappa shape index (κ1) is 20.3. The molecule has 0 atom stereocenters. The van der Waals surface area contributed by atoms with E-state index < -0.39 is 0 Å². The van der Waals surface area contributed by atoms with E-state index in [0.29, 0.717) is 41.4 Å². The zero-order valence-corrected chi connectivity index (χ0v) is 15.8. The molecule has 140 valence electrons. The number of ether oxygens (including phenoxy) is 3. The zero-order valence-electron chi connectivity index (χ0n) is 14.3. The summed E-state index contributed by atoms with van der Waals surface area (Å²) < 4.78 is 15.8. The van der Waals surface area contributed by atoms with E-state index >= 15 is 0 Å². The maximum atomic E-state index is 11.9. The van der Waals surface area contributed by atoms with Crippen molar-refractivity contribution in [3.8, 4) is 11.6 Å². The van der Waals surface area contributed by atoms with E-state index in [1.165, 1.54) is 0 Å². The van der Waals surface area contributed by atoms with E-state index in [0.717, 1.165) is 5.56 Å². The molecule has 6 nitrogen and oxygen atoms in total. The lowest BCUT2D eigenvalue weighted by Crippen LogP contribution is -2.24. The Morgan fingerprint density at radius 1 is 1.08 bits per heavy atom. The fourth-order valence-corrected chi connectivity index (χ4v) is 2.24. The van der Waals surface area contributed by atoms with Crippen molar-refractivity contribution in [1.82, 2.24) is 10.3 Å². The number of methoxy groups -OCH3 is 1. The Balaban J connectivity index is 1.67. The van der Waals surface area contributed by atoms with Gasteiger partial charge in [-0.1, -0.05) is 29.3 Å². The third kappa shape index (κ3) is 7.07. The first-order valence-corrected chi connectivity index (χ1v) is 8.75. The first-order chi connectivity index (χ1) is 12.6. The summed E-state index contributed by atoms with van der Waals surface area (Å²) in [6.45, 7) is 1.58. The van der Waals surface area contributed by atoms with Crippen LogP contribution in [0.4, 0.5) is 0 Å². The highest BCUT2D eigenvalue weighted by molar-refractivity contribution is 6.42. The Kier molecular flexibility index (Phi) is 8.47. The van der Waals surface area contributed by atoms with Gasteiger partial charge >= 0.3 is 0 Å². The fourth-order valence-electron chi connectivity index (χ4n) is 1.95. The summed E-state index contributed by atoms with van der Waals surface area (Å²) in [5.74, 6) is 0.970. The normalized spacial score (nSPS) is 10.4. The second kappa shape index (κ2) is 10.9. The van der Waals surface area contributed by atoms with E-state index in [1.54, 1.807) is 37.6 Å². The molecule has 2 rings (SSSR count). The number of nitrogens with one attached hydrogen (secondary N) is 1. The van der Waals surface area contributed by atoms with Gasteiger partial charge in [0.1, 0.15) is 12.4 Å². The molecule has 1 heterocycles. The fraction of sp³-hybridized carbons (Fsp3) is 0.333. The second-order valence-electron chi connectivity index (χ2n) is 5.30. The van der Waals surface area contributed by atoms with E-state index in [9.17, 15) is 4.79 Å². The van der Waals surface area contributed by atoms with Crippen molar-refractivity contribution in [2.75, 3.05) is 26.9 Å². The molecule has 1 aromatic heterocycles. The predicted molar refractivity (Wildman–Crippen MR) is 100 cm³/mol. The van der Waals surface area contributed by atoms with Gasteiger partial charge in [0.2, 0.25) is 11.8 Å². The Hall–Kier alpha value is -2.02. The van der Waals surface area contributed by atoms with Crippen LogP contribution in [-0.4, -0.2) is 37.8 Å². The molecule has 0 saturated heterocycles. The third-order valence-corrected chi connectivity index (χ3v) is 4.05. The molecule has 0 aliphatic rings. The minimum Gasteiger partial charge on any atom is -0.493 e. The number of rotatable bonds is 10. The quantitative estimate of drug-likeness (QED) is 0.620. The van der Waals surface area contributed by atoms with Gasteiger partial charge in [-0.3, -0.25) is 4.79 Å². The molecule has 1 amide bonds. The number of hydrogen-bond acceptors (Lipinski definition) is 5. The SMILES string of the molecule is COCCOc1ccc(CNC(=O)CCOc2ccc(Cl)c(Cl)c2)cn1. The number of hydrogen-bond donors (Lipinski definition) is 1. The van der Waals surface area contributed by atoms with Gasteiger partial charge in [-0.25, -0.2) is 4.98 Å². The summed E-state index contributed by atoms with van der Waals surface area (Å²) in [5.41, 5.74) is 0.878. The number of carbonyl (C=O) groups excluding carboxylic acids is 1. The molecule has 0 aliphatic heterocycles. The highest BCUT2D eigenvalue weighted by Gasteiger charge is 2.05. The Morgan fingerprint density at radius 2 is 1.92 bits per heavy atom. The number of nitrogens with zero attached hydrogens (tertiary/aromatic N) is 1. The summed E-state index contributed by atoms with van der Waals surface area (Å²) in [5, 5.41) is 3.68. The summed E-state index contributed by atoms with van der Waals surface area (Å²) in [6.07, 6.45) is 1.89. The van der Waals surface area contributed by atoms with Gasteiger partial charge in [0.25, 0.3) is 0 Å². The van der Waals surface area contributed by atoms with Gasteiger partial charge in [0, 0.05) is 32.0 Å². The molecule has 0 bridgehead atoms. The molecule has 1 aromatic carbocycles. The summed E-state index contributed by atoms with van der Waals surface area (Å²) >= 11 is 11.7. The van der Waals surface area contributed by atoms with E-state index in [4.69, 9.17) is 37.4 Å². The molecule has 1 N–H and O–H groups in total. The van der Waals surface area contributed by atoms with Crippen molar-refractivity contribution in [1.29, 1.82) is 0 Å². The van der Waals surface area contributed by atoms with Crippen LogP contribution >= 0.6 is 23.2 Å². The van der Waals surface area contributed by atoms with E-state index in [-0.39, 0.29) is 18.9 Å². The largest absolute Gasteiger partial charge is 0.493 e. The van der Waals surface area contributed by atoms with Crippen molar-refractivity contribution >= 4 is 29.1 Å². The van der Waals surface area contributed by atoms with Crippen molar-refractivity contribution in [2.24, 2.45) is 0 Å². The number of pyridine rings is 1. The lowest BCUT2D eigenvalue weighted by Gasteiger charge is -2.09. The predicted octanol–water partition coefficient (Wildman–Crippen LogP) is 3.50. The number of carbonyl (C=O) groups is 1. The van der Waals surface area contributed by atoms with Crippen molar-refractivity contribution in [3.63, 3.8) is 0 Å². The lowest BCUT2D eigenvalue weighted by atomic mass is 10.3. The third-order valence-electron chi connectivity index (χ3n) is 3.31. The Morgan fingerprint density at radius 3 is 2.62 bits per heavy atom. The van der Waals surface area contributed by atoms with Gasteiger partial charge in [-0.2, -0.15) is 0 Å². The van der Waals surface area contributed by atoms with Gasteiger partial charge in [-0.15, -0.1) is 0 Å². The maximum Gasteiger partial charge on any atom is 0.223 e. The number of amides is 1. The van der Waals surface area contributed by atoms with E-state index in [2.05, 4.69) is 10.3 Å². The van der Waals surface area contributed by atoms with E-state index in [1.807, 2.05) is 6.07 Å². The van der Waals surface area contributed by atoms with Crippen LogP contribution < -0.4 is 14.8 Å². The molecule has 0 aliphatic carbocycles. The zero-order chi connectivity index (χ0) is 18.8. The monoisotopic (exact) mass is 398 g/mol. The summed E-state index contributed by atoms with van der Waals surface area (Å²) in [4.78, 5) is 16.0. The van der Waals surface area contributed by atoms with Crippen LogP contribution in [0.25, 0.3) is 0 Å². The van der Waals surface area contributed by atoms with Crippen molar-refractivity contribution in [2.45, 2.75) is 13.0 Å². The van der Waals surface area contributed by atoms with Gasteiger partial charge < -0.3 is 19.5 Å². The molecular weight excluding hydrogens is 379 g/mol. The minimum atomic E-state index is -0.120. The average molecular weight is 399 g/mol. The van der Waals surface area contributed by atoms with Crippen molar-refractivity contribution in [3.05, 3.63) is 52.1 Å². The van der Waals surface area contributed by atoms with Gasteiger partial charge in [0.05, 0.1) is 29.7 Å². The summed E-state index contributed by atoms with van der Waals surface area (Å²) in [7, 11) is 1.61. The van der Waals surface area contributed by atoms with Crippen LogP contribution in [-0.2, 0) is 16.1 Å². The highest BCUT2D eigenvalue weighted by Crippen LogP contribution is 2.26. The van der Waals surface area contributed by atoms with Crippen LogP contribution in [0.1, 0.15) is 12.0 Å². The smallest absolute Gasteiger partial charge is 0.223 e. The second-order valence-corrected chi connectivity index (χ2v) is 6.11. The molecule has 0 unspecified atom stereocenters. The molecule has 0 saturated carbocycles. The van der Waals surface area contributed by atoms with Gasteiger partial charge in [0.15, 0.2) is 0 Å². The Bertz CT molecular complexity index is 711. The van der Waals surface area contributed by atoms with Crippen LogP contribution in [0.15, 0.2) is 36.5 Å². The Labute approximate surface area is 162 Å². The van der Waals surface area contributed by atoms with Crippen LogP contribution in [0.2, 0.25) is 10.0 Å². The van der Waals surface area contributed by atoms with Gasteiger partial charge in [-0.05, 0) is 17.7 Å². The maximum absolute atomic E-state index is 11.9. The molecule has 0 spiro atoms. The standard InChI is InChI=1S/C18H20Cl2N2O4/c1-24-8-9-26-18-5-2-13(12-22-18)11-21-17(23)6-7-25-14-3-4-15(19)16(20)10-14/h2-5,10,12H,6-9,11H2,1H3,(H,21,23). The summed E-state index contributed by atoms with van der Waals surface area (Å²) in [6, 6.07) is 8.57. The molecular formula is C18H20Cl2N2O4.